The van der Waals surface area contributed by atoms with Gasteiger partial charge in [-0.25, -0.2) is 0 Å². The van der Waals surface area contributed by atoms with Gasteiger partial charge in [-0.3, -0.25) is 15.0 Å². The number of nitrogens with zero attached hydrogens (tertiary/aromatic N) is 3. The highest BCUT2D eigenvalue weighted by molar-refractivity contribution is 6.18. The first kappa shape index (κ1) is 48.6. The normalized spacial score (nSPS) is 30.4. The molecule has 5 aliphatic heterocycles. The van der Waals surface area contributed by atoms with Crippen molar-refractivity contribution in [3.05, 3.63) is 45.5 Å². The van der Waals surface area contributed by atoms with Gasteiger partial charge in [-0.15, -0.1) is 0 Å². The molecule has 5 aliphatic rings. The third-order valence-corrected chi connectivity index (χ3v) is 14.0. The molecule has 1 fully saturated rings. The zero-order chi connectivity index (χ0) is 47.9. The van der Waals surface area contributed by atoms with E-state index >= 15 is 0 Å². The van der Waals surface area contributed by atoms with Crippen molar-refractivity contribution >= 4 is 64.9 Å². The smallest absolute Gasteiger partial charge is 0.0857 e. The average molecular weight is 887 g/mol. The van der Waals surface area contributed by atoms with Crippen LogP contribution in [0.15, 0.2) is 60.4 Å². The van der Waals surface area contributed by atoms with E-state index in [9.17, 15) is 79.2 Å². The number of carboxylic acid groups (broad SMARTS) is 8. The number of allylic oxidation sites excluding steroid dienone is 4. The summed E-state index contributed by atoms with van der Waals surface area (Å²) in [5.41, 5.74) is -8.17. The molecule has 1 unspecified atom stereocenters. The molecule has 5 heterocycles. The van der Waals surface area contributed by atoms with Gasteiger partial charge in [0.15, 0.2) is 0 Å². The zero-order valence-corrected chi connectivity index (χ0v) is 35.9. The second-order valence-electron chi connectivity index (χ2n) is 18.2. The molecule has 6 atom stereocenters. The van der Waals surface area contributed by atoms with E-state index in [2.05, 4.69) is 5.32 Å². The minimum absolute atomic E-state index is 0.0413. The quantitative estimate of drug-likeness (QED) is 0.119. The molecule has 5 rings (SSSR count). The van der Waals surface area contributed by atoms with Gasteiger partial charge in [-0.1, -0.05) is 13.8 Å². The Balaban J connectivity index is 1.99. The van der Waals surface area contributed by atoms with Crippen LogP contribution in [0.2, 0.25) is 0 Å². The number of rotatable bonds is 20. The van der Waals surface area contributed by atoms with E-state index in [1.807, 2.05) is 0 Å². The summed E-state index contributed by atoms with van der Waals surface area (Å²) in [5.74, 6) is -13.7. The maximum atomic E-state index is 12.8. The fourth-order valence-electron chi connectivity index (χ4n) is 10.6. The fourth-order valence-corrected chi connectivity index (χ4v) is 10.6. The first-order valence-corrected chi connectivity index (χ1v) is 20.6. The highest BCUT2D eigenvalue weighted by atomic mass is 16.4. The lowest BCUT2D eigenvalue weighted by Crippen LogP contribution is -2.53. The van der Waals surface area contributed by atoms with E-state index in [1.165, 1.54) is 40.7 Å². The molecular formula is C44H46N4O16-8. The number of hydrogen-bond acceptors (Lipinski definition) is 20. The SMILES string of the molecule is CC12CC3=C(CCC(=O)[O-])[C@](C)(CC(=O)[O-])C(=N3)/C=C3\N[C@@](C)(C4=C(CC(=O)[O-])[C@@](C)(CCC(=O)[O-])C(=N4)CC(=N1)C(CCC(=O)[O-])=C2CC(=O)[O-])[C@@](C)(CC(=O)[O-])[C@@H]3CCC(=O)[O-]. The summed E-state index contributed by atoms with van der Waals surface area (Å²) in [6.07, 6.45) is -6.71. The predicted octanol–water partition coefficient (Wildman–Crippen LogP) is -5.73. The van der Waals surface area contributed by atoms with Crippen molar-refractivity contribution < 1.29 is 79.2 Å². The Bertz CT molecular complexity index is 2350. The molecule has 0 aromatic carbocycles. The van der Waals surface area contributed by atoms with Crippen LogP contribution in [0.25, 0.3) is 0 Å². The Hall–Kier alpha value is -6.47. The topological polar surface area (TPSA) is 370 Å². The van der Waals surface area contributed by atoms with E-state index in [0.29, 0.717) is 0 Å². The summed E-state index contributed by atoms with van der Waals surface area (Å²) in [5, 5.41) is 102. The van der Waals surface area contributed by atoms with Crippen LogP contribution in [0, 0.1) is 22.2 Å². The first-order chi connectivity index (χ1) is 29.6. The largest absolute Gasteiger partial charge is 0.550 e. The summed E-state index contributed by atoms with van der Waals surface area (Å²) in [4.78, 5) is 113. The van der Waals surface area contributed by atoms with E-state index in [-0.39, 0.29) is 88.6 Å². The molecule has 1 N–H and O–H groups in total. The number of carboxylic acids is 8. The molecule has 0 radical (unpaired) electrons. The molecule has 0 aliphatic carbocycles. The number of carbonyl (C=O) groups is 8. The highest BCUT2D eigenvalue weighted by Crippen LogP contribution is 2.60. The molecule has 20 nitrogen and oxygen atoms in total. The monoisotopic (exact) mass is 886 g/mol. The van der Waals surface area contributed by atoms with Crippen molar-refractivity contribution in [2.75, 3.05) is 0 Å². The molecule has 20 heteroatoms. The number of carbonyl (C=O) groups excluding carboxylic acids is 8. The second kappa shape index (κ2) is 17.6. The summed E-state index contributed by atoms with van der Waals surface area (Å²) in [7, 11) is 0. The molecule has 1 saturated heterocycles. The van der Waals surface area contributed by atoms with Crippen LogP contribution in [0.1, 0.15) is 125 Å². The molecule has 0 saturated carbocycles. The molecule has 8 bridgehead atoms. The summed E-state index contributed by atoms with van der Waals surface area (Å²) in [6, 6.07) is 0. The maximum absolute atomic E-state index is 12.8. The van der Waals surface area contributed by atoms with Gasteiger partial charge in [-0.2, -0.15) is 0 Å². The minimum atomic E-state index is -1.83. The number of hydrogen-bond donors (Lipinski definition) is 1. The Morgan fingerprint density at radius 3 is 1.75 bits per heavy atom. The molecular weight excluding hydrogens is 840 g/mol. The van der Waals surface area contributed by atoms with Gasteiger partial charge in [0.25, 0.3) is 0 Å². The minimum Gasteiger partial charge on any atom is -0.550 e. The van der Waals surface area contributed by atoms with Gasteiger partial charge in [0.05, 0.1) is 22.5 Å². The van der Waals surface area contributed by atoms with Gasteiger partial charge in [-0.05, 0) is 107 Å². The van der Waals surface area contributed by atoms with Crippen molar-refractivity contribution in [1.82, 2.24) is 5.32 Å². The molecule has 0 aromatic heterocycles. The van der Waals surface area contributed by atoms with Crippen LogP contribution in [-0.2, 0) is 38.4 Å². The predicted molar refractivity (Wildman–Crippen MR) is 204 cm³/mol. The van der Waals surface area contributed by atoms with Crippen molar-refractivity contribution in [1.29, 1.82) is 0 Å². The van der Waals surface area contributed by atoms with Crippen molar-refractivity contribution in [3.63, 3.8) is 0 Å². The second-order valence-corrected chi connectivity index (χ2v) is 18.2. The van der Waals surface area contributed by atoms with E-state index < -0.39 is 139 Å². The number of nitrogens with one attached hydrogen (secondary N) is 1. The standard InChI is InChI=1S/C44H54N4O16/c1-40(13-12-34(55)56)25(15-36(59)60)39-44(5)42(3,20-38(63)64)23(8-11-33(53)54)27(48-44)17-30-41(2,19-37(61)62)22(7-10-32(51)52)28(45-30)18-43(4)24(14-35(57)58)21(6-9-31(49)50)26(47-43)16-29(40)46-39/h17,23,48H,6-16,18-20H2,1-5H3,(H,49,50)(H,51,52)(H,53,54)(H,55,56)(H,57,58)(H,59,60)(H,61,62)(H,63,64)/p-8/b27-17-/t23-,40-,41+,42+,43?,44+/m1/s1. The molecule has 0 spiro atoms. The lowest BCUT2D eigenvalue weighted by Gasteiger charge is -2.45. The van der Waals surface area contributed by atoms with Gasteiger partial charge < -0.3 is 84.5 Å². The summed E-state index contributed by atoms with van der Waals surface area (Å²) >= 11 is 0. The molecule has 64 heavy (non-hydrogen) atoms. The van der Waals surface area contributed by atoms with E-state index in [4.69, 9.17) is 15.0 Å². The first-order valence-electron chi connectivity index (χ1n) is 20.6. The van der Waals surface area contributed by atoms with Crippen molar-refractivity contribution in [3.8, 4) is 0 Å². The van der Waals surface area contributed by atoms with Gasteiger partial charge in [0, 0.05) is 125 Å². The Morgan fingerprint density at radius 2 is 1.20 bits per heavy atom. The third kappa shape index (κ3) is 9.12. The Labute approximate surface area is 367 Å². The van der Waals surface area contributed by atoms with Crippen molar-refractivity contribution in [2.24, 2.45) is 37.1 Å². The van der Waals surface area contributed by atoms with Gasteiger partial charge in [0.1, 0.15) is 0 Å². The Morgan fingerprint density at radius 1 is 0.641 bits per heavy atom. The van der Waals surface area contributed by atoms with Crippen LogP contribution < -0.4 is 46.2 Å². The maximum Gasteiger partial charge on any atom is 0.0857 e. The number of fused-ring (bicyclic) bond motifs is 6. The van der Waals surface area contributed by atoms with Crippen LogP contribution in [-0.4, -0.2) is 76.0 Å². The van der Waals surface area contributed by atoms with E-state index in [0.717, 1.165) is 0 Å². The summed E-state index contributed by atoms with van der Waals surface area (Å²) in [6.45, 7) is 7.40. The highest BCUT2D eigenvalue weighted by Gasteiger charge is 2.61. The lowest BCUT2D eigenvalue weighted by molar-refractivity contribution is -0.310. The van der Waals surface area contributed by atoms with Crippen LogP contribution in [0.5, 0.6) is 0 Å². The van der Waals surface area contributed by atoms with E-state index in [1.54, 1.807) is 0 Å². The number of aliphatic imine (C=N–C) groups is 3. The van der Waals surface area contributed by atoms with Crippen molar-refractivity contribution in [2.45, 2.75) is 136 Å². The molecule has 346 valence electrons. The summed E-state index contributed by atoms with van der Waals surface area (Å²) < 4.78 is 0. The van der Waals surface area contributed by atoms with Gasteiger partial charge >= 0.3 is 0 Å². The zero-order valence-electron chi connectivity index (χ0n) is 35.9. The fraction of sp³-hybridized carbons (Fsp3) is 0.568. The molecule has 0 amide bonds. The Kier molecular flexibility index (Phi) is 13.4. The average Bonchev–Trinajstić information content (AvgIpc) is 3.72. The number of aliphatic carboxylic acids is 8. The van der Waals surface area contributed by atoms with Crippen LogP contribution >= 0.6 is 0 Å². The van der Waals surface area contributed by atoms with Gasteiger partial charge in [0.2, 0.25) is 0 Å². The van der Waals surface area contributed by atoms with Crippen LogP contribution in [0.4, 0.5) is 0 Å². The van der Waals surface area contributed by atoms with Crippen LogP contribution in [0.3, 0.4) is 0 Å². The third-order valence-electron chi connectivity index (χ3n) is 14.0. The lowest BCUT2D eigenvalue weighted by atomic mass is 9.61. The molecule has 0 aromatic rings.